The second kappa shape index (κ2) is 8.79. The Balaban J connectivity index is 2.12. The van der Waals surface area contributed by atoms with Crippen LogP contribution in [0.4, 0.5) is 0 Å². The zero-order valence-corrected chi connectivity index (χ0v) is 12.8. The first kappa shape index (κ1) is 15.8. The first-order valence-electron chi connectivity index (χ1n) is 6.77. The molecular weight excluding hydrogens is 265 g/mol. The number of rotatable bonds is 8. The summed E-state index contributed by atoms with van der Waals surface area (Å²) in [5.41, 5.74) is 1.17. The van der Waals surface area contributed by atoms with E-state index in [4.69, 9.17) is 23.2 Å². The summed E-state index contributed by atoms with van der Waals surface area (Å²) in [6.45, 7) is 5.48. The molecular formula is C15H23Cl2N. The van der Waals surface area contributed by atoms with Crippen molar-refractivity contribution >= 4 is 23.2 Å². The van der Waals surface area contributed by atoms with Crippen molar-refractivity contribution in [1.82, 2.24) is 5.32 Å². The number of benzene rings is 1. The number of hydrogen-bond donors (Lipinski definition) is 1. The van der Waals surface area contributed by atoms with E-state index in [1.165, 1.54) is 31.2 Å². The maximum atomic E-state index is 6.12. The third-order valence-electron chi connectivity index (χ3n) is 2.93. The van der Waals surface area contributed by atoms with Crippen molar-refractivity contribution in [3.05, 3.63) is 33.8 Å². The molecule has 0 radical (unpaired) electrons. The standard InChI is InChI=1S/C15H23Cl2N/c1-12(2)18-10-6-4-3-5-7-13-11-14(16)8-9-15(13)17/h8-9,11-12,18H,3-7,10H2,1-2H3. The highest BCUT2D eigenvalue weighted by atomic mass is 35.5. The average molecular weight is 288 g/mol. The Morgan fingerprint density at radius 2 is 1.78 bits per heavy atom. The minimum atomic E-state index is 0.593. The lowest BCUT2D eigenvalue weighted by Crippen LogP contribution is -2.23. The molecule has 102 valence electrons. The average Bonchev–Trinajstić information content (AvgIpc) is 2.32. The molecule has 0 aliphatic heterocycles. The maximum Gasteiger partial charge on any atom is 0.0439 e. The molecule has 1 rings (SSSR count). The molecule has 1 N–H and O–H groups in total. The van der Waals surface area contributed by atoms with Crippen LogP contribution < -0.4 is 5.32 Å². The van der Waals surface area contributed by atoms with Crippen LogP contribution in [0.5, 0.6) is 0 Å². The van der Waals surface area contributed by atoms with Gasteiger partial charge in [-0.1, -0.05) is 49.9 Å². The molecule has 18 heavy (non-hydrogen) atoms. The van der Waals surface area contributed by atoms with Crippen LogP contribution in [0.15, 0.2) is 18.2 Å². The normalized spacial score (nSPS) is 11.2. The molecule has 0 aliphatic rings. The Kier molecular flexibility index (Phi) is 7.73. The van der Waals surface area contributed by atoms with Crippen LogP contribution in [0.25, 0.3) is 0 Å². The molecule has 0 heterocycles. The molecule has 1 nitrogen and oxygen atoms in total. The quantitative estimate of drug-likeness (QED) is 0.657. The minimum Gasteiger partial charge on any atom is -0.315 e. The Hall–Kier alpha value is -0.240. The Bertz CT molecular complexity index is 350. The molecule has 0 atom stereocenters. The summed E-state index contributed by atoms with van der Waals surface area (Å²) in [6, 6.07) is 6.29. The molecule has 0 aliphatic carbocycles. The van der Waals surface area contributed by atoms with Gasteiger partial charge in [0.15, 0.2) is 0 Å². The topological polar surface area (TPSA) is 12.0 Å². The summed E-state index contributed by atoms with van der Waals surface area (Å²) in [5.74, 6) is 0. The molecule has 0 aromatic heterocycles. The number of hydrogen-bond acceptors (Lipinski definition) is 1. The zero-order chi connectivity index (χ0) is 13.4. The summed E-state index contributed by atoms with van der Waals surface area (Å²) in [4.78, 5) is 0. The van der Waals surface area contributed by atoms with Crippen molar-refractivity contribution < 1.29 is 0 Å². The predicted octanol–water partition coefficient (Wildman–Crippen LogP) is 5.09. The van der Waals surface area contributed by atoms with Gasteiger partial charge in [-0.15, -0.1) is 0 Å². The van der Waals surface area contributed by atoms with E-state index in [2.05, 4.69) is 19.2 Å². The SMILES string of the molecule is CC(C)NCCCCCCc1cc(Cl)ccc1Cl. The highest BCUT2D eigenvalue weighted by Gasteiger charge is 2.01. The zero-order valence-electron chi connectivity index (χ0n) is 11.3. The molecule has 0 spiro atoms. The van der Waals surface area contributed by atoms with Crippen molar-refractivity contribution in [2.45, 2.75) is 52.0 Å². The highest BCUT2D eigenvalue weighted by molar-refractivity contribution is 6.33. The maximum absolute atomic E-state index is 6.12. The van der Waals surface area contributed by atoms with E-state index in [-0.39, 0.29) is 0 Å². The fraction of sp³-hybridized carbons (Fsp3) is 0.600. The van der Waals surface area contributed by atoms with Crippen LogP contribution in [0, 0.1) is 0 Å². The van der Waals surface area contributed by atoms with Crippen LogP contribution >= 0.6 is 23.2 Å². The number of halogens is 2. The minimum absolute atomic E-state index is 0.593. The van der Waals surface area contributed by atoms with Gasteiger partial charge < -0.3 is 5.32 Å². The number of aryl methyl sites for hydroxylation is 1. The van der Waals surface area contributed by atoms with Crippen molar-refractivity contribution in [3.8, 4) is 0 Å². The van der Waals surface area contributed by atoms with Crippen LogP contribution in [-0.2, 0) is 6.42 Å². The van der Waals surface area contributed by atoms with Gasteiger partial charge in [-0.05, 0) is 49.6 Å². The molecule has 0 unspecified atom stereocenters. The van der Waals surface area contributed by atoms with Crippen molar-refractivity contribution in [2.75, 3.05) is 6.54 Å². The number of nitrogens with one attached hydrogen (secondary N) is 1. The lowest BCUT2D eigenvalue weighted by molar-refractivity contribution is 0.542. The van der Waals surface area contributed by atoms with Crippen LogP contribution in [-0.4, -0.2) is 12.6 Å². The lowest BCUT2D eigenvalue weighted by Gasteiger charge is -2.08. The fourth-order valence-electron chi connectivity index (χ4n) is 1.92. The monoisotopic (exact) mass is 287 g/mol. The smallest absolute Gasteiger partial charge is 0.0439 e. The van der Waals surface area contributed by atoms with E-state index < -0.39 is 0 Å². The van der Waals surface area contributed by atoms with Gasteiger partial charge in [-0.2, -0.15) is 0 Å². The molecule has 0 saturated heterocycles. The highest BCUT2D eigenvalue weighted by Crippen LogP contribution is 2.22. The molecule has 1 aromatic rings. The van der Waals surface area contributed by atoms with Crippen molar-refractivity contribution in [1.29, 1.82) is 0 Å². The molecule has 3 heteroatoms. The van der Waals surface area contributed by atoms with Gasteiger partial charge >= 0.3 is 0 Å². The van der Waals surface area contributed by atoms with E-state index in [9.17, 15) is 0 Å². The summed E-state index contributed by atoms with van der Waals surface area (Å²) in [6.07, 6.45) is 5.99. The summed E-state index contributed by atoms with van der Waals surface area (Å²) >= 11 is 12.1. The predicted molar refractivity (Wildman–Crippen MR) is 81.8 cm³/mol. The Morgan fingerprint density at radius 3 is 2.50 bits per heavy atom. The molecule has 0 saturated carbocycles. The van der Waals surface area contributed by atoms with Crippen molar-refractivity contribution in [3.63, 3.8) is 0 Å². The third-order valence-corrected chi connectivity index (χ3v) is 3.54. The molecule has 0 amide bonds. The summed E-state index contributed by atoms with van der Waals surface area (Å²) in [7, 11) is 0. The van der Waals surface area contributed by atoms with Gasteiger partial charge in [0.05, 0.1) is 0 Å². The molecule has 0 fully saturated rings. The Labute approximate surface area is 121 Å². The van der Waals surface area contributed by atoms with Gasteiger partial charge in [0.2, 0.25) is 0 Å². The number of unbranched alkanes of at least 4 members (excludes halogenated alkanes) is 3. The van der Waals surface area contributed by atoms with Gasteiger partial charge in [-0.25, -0.2) is 0 Å². The van der Waals surface area contributed by atoms with E-state index in [1.54, 1.807) is 0 Å². The second-order valence-electron chi connectivity index (χ2n) is 5.01. The van der Waals surface area contributed by atoms with Gasteiger partial charge in [-0.3, -0.25) is 0 Å². The second-order valence-corrected chi connectivity index (χ2v) is 5.85. The van der Waals surface area contributed by atoms with Crippen LogP contribution in [0.3, 0.4) is 0 Å². The van der Waals surface area contributed by atoms with Gasteiger partial charge in [0.1, 0.15) is 0 Å². The van der Waals surface area contributed by atoms with Gasteiger partial charge in [0.25, 0.3) is 0 Å². The van der Waals surface area contributed by atoms with E-state index in [0.29, 0.717) is 6.04 Å². The Morgan fingerprint density at radius 1 is 1.06 bits per heavy atom. The third kappa shape index (κ3) is 6.63. The lowest BCUT2D eigenvalue weighted by atomic mass is 10.1. The van der Waals surface area contributed by atoms with Crippen LogP contribution in [0.1, 0.15) is 45.1 Å². The van der Waals surface area contributed by atoms with Crippen LogP contribution in [0.2, 0.25) is 10.0 Å². The first-order chi connectivity index (χ1) is 8.59. The van der Waals surface area contributed by atoms with E-state index in [1.807, 2.05) is 18.2 Å². The van der Waals surface area contributed by atoms with Gasteiger partial charge in [0, 0.05) is 16.1 Å². The van der Waals surface area contributed by atoms with E-state index in [0.717, 1.165) is 23.0 Å². The fourth-order valence-corrected chi connectivity index (χ4v) is 2.33. The first-order valence-corrected chi connectivity index (χ1v) is 7.52. The summed E-state index contributed by atoms with van der Waals surface area (Å²) < 4.78 is 0. The summed E-state index contributed by atoms with van der Waals surface area (Å²) in [5, 5.41) is 5.04. The largest absolute Gasteiger partial charge is 0.315 e. The molecule has 0 bridgehead atoms. The van der Waals surface area contributed by atoms with Crippen molar-refractivity contribution in [2.24, 2.45) is 0 Å². The molecule has 1 aromatic carbocycles. The van der Waals surface area contributed by atoms with E-state index >= 15 is 0 Å².